The molecule has 0 spiro atoms. The van der Waals surface area contributed by atoms with Crippen LogP contribution in [0.4, 0.5) is 4.79 Å². The van der Waals surface area contributed by atoms with Crippen molar-refractivity contribution >= 4 is 6.03 Å². The quantitative estimate of drug-likeness (QED) is 0.558. The number of carbonyl (C=O) groups is 1. The highest BCUT2D eigenvalue weighted by molar-refractivity contribution is 5.73. The molecule has 0 saturated carbocycles. The van der Waals surface area contributed by atoms with E-state index in [4.69, 9.17) is 5.11 Å². The standard InChI is InChI=1S/C7H14N2O3/c1-12-8-7(11)9-3-2-6(4-9)5-10/h6,10H,2-5H2,1H3,(H,8,11). The molecule has 1 fully saturated rings. The number of amides is 2. The summed E-state index contributed by atoms with van der Waals surface area (Å²) in [6.45, 7) is 1.46. The Morgan fingerprint density at radius 1 is 1.83 bits per heavy atom. The van der Waals surface area contributed by atoms with E-state index < -0.39 is 0 Å². The number of nitrogens with zero attached hydrogens (tertiary/aromatic N) is 1. The Morgan fingerprint density at radius 3 is 3.08 bits per heavy atom. The molecule has 0 radical (unpaired) electrons. The largest absolute Gasteiger partial charge is 0.396 e. The predicted molar refractivity (Wildman–Crippen MR) is 42.3 cm³/mol. The summed E-state index contributed by atoms with van der Waals surface area (Å²) < 4.78 is 0. The molecule has 2 N–H and O–H groups in total. The van der Waals surface area contributed by atoms with Gasteiger partial charge in [0.1, 0.15) is 0 Å². The second-order valence-corrected chi connectivity index (χ2v) is 2.89. The van der Waals surface area contributed by atoms with Crippen molar-refractivity contribution in [2.24, 2.45) is 5.92 Å². The van der Waals surface area contributed by atoms with E-state index in [-0.39, 0.29) is 18.6 Å². The number of nitrogens with one attached hydrogen (secondary N) is 1. The topological polar surface area (TPSA) is 61.8 Å². The normalized spacial score (nSPS) is 22.8. The third-order valence-corrected chi connectivity index (χ3v) is 2.02. The molecule has 70 valence electrons. The van der Waals surface area contributed by atoms with Gasteiger partial charge in [0.2, 0.25) is 0 Å². The fraction of sp³-hybridized carbons (Fsp3) is 0.857. The summed E-state index contributed by atoms with van der Waals surface area (Å²) in [5.41, 5.74) is 2.24. The number of hydrogen-bond acceptors (Lipinski definition) is 3. The first kappa shape index (κ1) is 9.28. The highest BCUT2D eigenvalue weighted by Crippen LogP contribution is 2.14. The molecule has 0 aromatic heterocycles. The zero-order valence-electron chi connectivity index (χ0n) is 7.12. The van der Waals surface area contributed by atoms with Gasteiger partial charge in [0, 0.05) is 25.6 Å². The van der Waals surface area contributed by atoms with E-state index in [1.165, 1.54) is 7.11 Å². The van der Waals surface area contributed by atoms with Crippen LogP contribution in [0.5, 0.6) is 0 Å². The van der Waals surface area contributed by atoms with Gasteiger partial charge >= 0.3 is 6.03 Å². The molecule has 0 aromatic rings. The van der Waals surface area contributed by atoms with Crippen LogP contribution in [0.2, 0.25) is 0 Å². The van der Waals surface area contributed by atoms with Crippen molar-refractivity contribution in [2.75, 3.05) is 26.8 Å². The van der Waals surface area contributed by atoms with Gasteiger partial charge in [-0.15, -0.1) is 0 Å². The van der Waals surface area contributed by atoms with Gasteiger partial charge < -0.3 is 10.0 Å². The van der Waals surface area contributed by atoms with Crippen LogP contribution in [0.3, 0.4) is 0 Å². The minimum Gasteiger partial charge on any atom is -0.396 e. The zero-order chi connectivity index (χ0) is 8.97. The summed E-state index contributed by atoms with van der Waals surface area (Å²) in [7, 11) is 1.40. The number of aliphatic hydroxyl groups is 1. The minimum absolute atomic E-state index is 0.150. The van der Waals surface area contributed by atoms with Gasteiger partial charge in [0.25, 0.3) is 0 Å². The average Bonchev–Trinajstić information content (AvgIpc) is 2.52. The summed E-state index contributed by atoms with van der Waals surface area (Å²) in [4.78, 5) is 17.2. The first-order valence-corrected chi connectivity index (χ1v) is 3.96. The van der Waals surface area contributed by atoms with E-state index in [1.807, 2.05) is 0 Å². The maximum Gasteiger partial charge on any atom is 0.341 e. The minimum atomic E-state index is -0.228. The lowest BCUT2D eigenvalue weighted by Crippen LogP contribution is -2.37. The Labute approximate surface area is 71.3 Å². The molecule has 0 aliphatic carbocycles. The maximum atomic E-state index is 11.1. The Balaban J connectivity index is 2.31. The van der Waals surface area contributed by atoms with E-state index >= 15 is 0 Å². The highest BCUT2D eigenvalue weighted by Gasteiger charge is 2.25. The van der Waals surface area contributed by atoms with Crippen LogP contribution in [0, 0.1) is 5.92 Å². The average molecular weight is 174 g/mol. The SMILES string of the molecule is CONC(=O)N1CCC(CO)C1. The molecule has 0 aromatic carbocycles. The number of hydroxylamine groups is 1. The van der Waals surface area contributed by atoms with Crippen molar-refractivity contribution in [1.29, 1.82) is 0 Å². The first-order valence-electron chi connectivity index (χ1n) is 3.96. The second kappa shape index (κ2) is 4.27. The van der Waals surface area contributed by atoms with Gasteiger partial charge in [-0.05, 0) is 6.42 Å². The molecule has 1 rings (SSSR count). The molecule has 5 nitrogen and oxygen atoms in total. The van der Waals surface area contributed by atoms with Gasteiger partial charge in [-0.2, -0.15) is 0 Å². The Hall–Kier alpha value is -0.810. The van der Waals surface area contributed by atoms with Crippen molar-refractivity contribution in [3.8, 4) is 0 Å². The van der Waals surface area contributed by atoms with Crippen molar-refractivity contribution in [3.63, 3.8) is 0 Å². The number of aliphatic hydroxyl groups excluding tert-OH is 1. The van der Waals surface area contributed by atoms with Crippen molar-refractivity contribution < 1.29 is 14.7 Å². The second-order valence-electron chi connectivity index (χ2n) is 2.89. The third-order valence-electron chi connectivity index (χ3n) is 2.02. The third kappa shape index (κ3) is 2.09. The molecule has 12 heavy (non-hydrogen) atoms. The van der Waals surface area contributed by atoms with Crippen molar-refractivity contribution in [2.45, 2.75) is 6.42 Å². The molecule has 2 amide bonds. The molecule has 1 saturated heterocycles. The molecular weight excluding hydrogens is 160 g/mol. The Kier molecular flexibility index (Phi) is 3.31. The van der Waals surface area contributed by atoms with Crippen LogP contribution in [-0.4, -0.2) is 42.8 Å². The summed E-state index contributed by atoms with van der Waals surface area (Å²) in [5, 5.41) is 8.81. The Morgan fingerprint density at radius 2 is 2.58 bits per heavy atom. The van der Waals surface area contributed by atoms with Gasteiger partial charge in [-0.25, -0.2) is 10.3 Å². The van der Waals surface area contributed by atoms with Gasteiger partial charge in [-0.3, -0.25) is 4.84 Å². The maximum absolute atomic E-state index is 11.1. The number of carbonyl (C=O) groups excluding carboxylic acids is 1. The van der Waals surface area contributed by atoms with Crippen LogP contribution in [-0.2, 0) is 4.84 Å². The van der Waals surface area contributed by atoms with E-state index in [9.17, 15) is 4.79 Å². The highest BCUT2D eigenvalue weighted by atomic mass is 16.6. The molecular formula is C7H14N2O3. The molecule has 1 unspecified atom stereocenters. The van der Waals surface area contributed by atoms with Crippen LogP contribution >= 0.6 is 0 Å². The van der Waals surface area contributed by atoms with Crippen LogP contribution in [0.25, 0.3) is 0 Å². The van der Waals surface area contributed by atoms with Gasteiger partial charge in [0.15, 0.2) is 0 Å². The monoisotopic (exact) mass is 174 g/mol. The summed E-state index contributed by atoms with van der Waals surface area (Å²) in [5.74, 6) is 0.229. The molecule has 1 aliphatic rings. The smallest absolute Gasteiger partial charge is 0.341 e. The fourth-order valence-electron chi connectivity index (χ4n) is 1.32. The molecule has 5 heteroatoms. The summed E-state index contributed by atoms with van der Waals surface area (Å²) >= 11 is 0. The Bertz CT molecular complexity index is 163. The lowest BCUT2D eigenvalue weighted by atomic mass is 10.1. The van der Waals surface area contributed by atoms with E-state index in [2.05, 4.69) is 10.3 Å². The first-order chi connectivity index (χ1) is 5.77. The van der Waals surface area contributed by atoms with Crippen LogP contribution < -0.4 is 5.48 Å². The lowest BCUT2D eigenvalue weighted by Gasteiger charge is -2.15. The van der Waals surface area contributed by atoms with E-state index in [0.29, 0.717) is 13.1 Å². The summed E-state index contributed by atoms with van der Waals surface area (Å²) in [6, 6.07) is -0.228. The zero-order valence-corrected chi connectivity index (χ0v) is 7.12. The molecule has 1 aliphatic heterocycles. The van der Waals surface area contributed by atoms with Crippen LogP contribution in [0.15, 0.2) is 0 Å². The molecule has 0 bridgehead atoms. The lowest BCUT2D eigenvalue weighted by molar-refractivity contribution is 0.0895. The van der Waals surface area contributed by atoms with Crippen molar-refractivity contribution in [1.82, 2.24) is 10.4 Å². The van der Waals surface area contributed by atoms with E-state index in [1.54, 1.807) is 4.90 Å². The predicted octanol–water partition coefficient (Wildman–Crippen LogP) is -0.428. The number of urea groups is 1. The van der Waals surface area contributed by atoms with Gasteiger partial charge in [-0.1, -0.05) is 0 Å². The van der Waals surface area contributed by atoms with Gasteiger partial charge in [0.05, 0.1) is 7.11 Å². The van der Waals surface area contributed by atoms with E-state index in [0.717, 1.165) is 6.42 Å². The number of likely N-dealkylation sites (tertiary alicyclic amines) is 1. The van der Waals surface area contributed by atoms with Crippen LogP contribution in [0.1, 0.15) is 6.42 Å². The summed E-state index contributed by atoms with van der Waals surface area (Å²) in [6.07, 6.45) is 0.869. The molecule has 1 atom stereocenters. The fourth-order valence-corrected chi connectivity index (χ4v) is 1.32. The number of rotatable bonds is 2. The molecule has 1 heterocycles. The number of hydrogen-bond donors (Lipinski definition) is 2. The van der Waals surface area contributed by atoms with Crippen molar-refractivity contribution in [3.05, 3.63) is 0 Å².